The summed E-state index contributed by atoms with van der Waals surface area (Å²) in [6.07, 6.45) is 0. The van der Waals surface area contributed by atoms with E-state index in [1.165, 1.54) is 0 Å². The van der Waals surface area contributed by atoms with Crippen molar-refractivity contribution in [2.24, 2.45) is 5.73 Å². The Labute approximate surface area is 72.5 Å². The summed E-state index contributed by atoms with van der Waals surface area (Å²) in [7, 11) is 0. The van der Waals surface area contributed by atoms with E-state index in [2.05, 4.69) is 17.9 Å². The Bertz CT molecular complexity index is 267. The summed E-state index contributed by atoms with van der Waals surface area (Å²) < 4.78 is 0. The van der Waals surface area contributed by atoms with Crippen molar-refractivity contribution in [3.8, 4) is 0 Å². The van der Waals surface area contributed by atoms with Gasteiger partial charge in [-0.2, -0.15) is 0 Å². The van der Waals surface area contributed by atoms with Crippen LogP contribution in [0.15, 0.2) is 0 Å². The average molecular weight is 190 g/mol. The standard InChI is InChI=1S/C4H6N4O3S/c5-2(10)7-4(12)1(9)6-3(11)8-4/h12H,(H3,5,7,10)(H2,6,8,9,11). The van der Waals surface area contributed by atoms with Crippen molar-refractivity contribution < 1.29 is 14.4 Å². The number of carbonyl (C=O) groups excluding carboxylic acids is 3. The first-order valence-electron chi connectivity index (χ1n) is 2.87. The topological polar surface area (TPSA) is 113 Å². The zero-order chi connectivity index (χ0) is 9.35. The van der Waals surface area contributed by atoms with E-state index in [1.54, 1.807) is 0 Å². The highest BCUT2D eigenvalue weighted by Crippen LogP contribution is 2.10. The van der Waals surface area contributed by atoms with Gasteiger partial charge in [0.25, 0.3) is 5.91 Å². The summed E-state index contributed by atoms with van der Waals surface area (Å²) in [6.45, 7) is 0. The van der Waals surface area contributed by atoms with Crippen molar-refractivity contribution in [2.75, 3.05) is 0 Å². The van der Waals surface area contributed by atoms with Crippen LogP contribution < -0.4 is 21.7 Å². The van der Waals surface area contributed by atoms with Gasteiger partial charge >= 0.3 is 12.1 Å². The van der Waals surface area contributed by atoms with E-state index < -0.39 is 23.0 Å². The van der Waals surface area contributed by atoms with Crippen LogP contribution in [0.25, 0.3) is 0 Å². The van der Waals surface area contributed by atoms with E-state index in [0.717, 1.165) is 0 Å². The molecule has 1 aliphatic heterocycles. The summed E-state index contributed by atoms with van der Waals surface area (Å²) in [5, 5.41) is 5.90. The Morgan fingerprint density at radius 2 is 2.17 bits per heavy atom. The summed E-state index contributed by atoms with van der Waals surface area (Å²) in [6, 6.07) is -1.69. The van der Waals surface area contributed by atoms with Crippen molar-refractivity contribution in [2.45, 2.75) is 4.99 Å². The monoisotopic (exact) mass is 190 g/mol. The van der Waals surface area contributed by atoms with Gasteiger partial charge in [-0.05, 0) is 0 Å². The molecule has 0 saturated carbocycles. The first-order valence-corrected chi connectivity index (χ1v) is 3.32. The fraction of sp³-hybridized carbons (Fsp3) is 0.250. The molecular formula is C4H6N4O3S. The SMILES string of the molecule is NC(=O)NC1(S)NC(=O)NC1=O. The van der Waals surface area contributed by atoms with Gasteiger partial charge in [0.15, 0.2) is 0 Å². The number of urea groups is 2. The molecule has 1 aliphatic rings. The molecule has 0 bridgehead atoms. The molecular weight excluding hydrogens is 184 g/mol. The number of imide groups is 1. The van der Waals surface area contributed by atoms with Gasteiger partial charge in [0.1, 0.15) is 0 Å². The van der Waals surface area contributed by atoms with Gasteiger partial charge in [-0.25, -0.2) is 9.59 Å². The van der Waals surface area contributed by atoms with Crippen LogP contribution in [0.4, 0.5) is 9.59 Å². The molecule has 0 aliphatic carbocycles. The molecule has 1 heterocycles. The zero-order valence-corrected chi connectivity index (χ0v) is 6.64. The number of nitrogens with two attached hydrogens (primary N) is 1. The molecule has 1 fully saturated rings. The van der Waals surface area contributed by atoms with Crippen molar-refractivity contribution in [3.05, 3.63) is 0 Å². The molecule has 0 aromatic carbocycles. The van der Waals surface area contributed by atoms with E-state index in [-0.39, 0.29) is 0 Å². The molecule has 1 unspecified atom stereocenters. The first-order chi connectivity index (χ1) is 5.44. The van der Waals surface area contributed by atoms with Gasteiger partial charge in [0, 0.05) is 0 Å². The Morgan fingerprint density at radius 1 is 1.58 bits per heavy atom. The molecule has 0 aromatic rings. The van der Waals surface area contributed by atoms with Crippen LogP contribution in [-0.4, -0.2) is 23.0 Å². The molecule has 0 aromatic heterocycles. The molecule has 7 nitrogen and oxygen atoms in total. The van der Waals surface area contributed by atoms with E-state index in [0.29, 0.717) is 0 Å². The molecule has 1 saturated heterocycles. The number of nitrogens with one attached hydrogen (secondary N) is 3. The van der Waals surface area contributed by atoms with Crippen molar-refractivity contribution in [3.63, 3.8) is 0 Å². The predicted octanol–water partition coefficient (Wildman–Crippen LogP) is -1.92. The summed E-state index contributed by atoms with van der Waals surface area (Å²) in [5.74, 6) is -0.769. The van der Waals surface area contributed by atoms with E-state index >= 15 is 0 Å². The third-order valence-corrected chi connectivity index (χ3v) is 1.58. The third kappa shape index (κ3) is 1.42. The normalized spacial score (nSPS) is 27.8. The maximum Gasteiger partial charge on any atom is 0.324 e. The van der Waals surface area contributed by atoms with Gasteiger partial charge in [0.05, 0.1) is 0 Å². The van der Waals surface area contributed by atoms with Crippen LogP contribution >= 0.6 is 12.6 Å². The quantitative estimate of drug-likeness (QED) is 0.188. The number of hydrogen-bond acceptors (Lipinski definition) is 4. The lowest BCUT2D eigenvalue weighted by atomic mass is 10.5. The predicted molar refractivity (Wildman–Crippen MR) is 41.1 cm³/mol. The van der Waals surface area contributed by atoms with Crippen LogP contribution in [0.1, 0.15) is 0 Å². The summed E-state index contributed by atoms with van der Waals surface area (Å²) in [5.41, 5.74) is 4.73. The summed E-state index contributed by atoms with van der Waals surface area (Å²) in [4.78, 5) is 30.1. The highest BCUT2D eigenvalue weighted by Gasteiger charge is 2.44. The Balaban J connectivity index is 2.77. The number of primary amides is 1. The second-order valence-corrected chi connectivity index (χ2v) is 2.78. The van der Waals surface area contributed by atoms with E-state index in [4.69, 9.17) is 5.73 Å². The fourth-order valence-corrected chi connectivity index (χ4v) is 0.980. The maximum atomic E-state index is 10.9. The molecule has 8 heteroatoms. The summed E-state index contributed by atoms with van der Waals surface area (Å²) >= 11 is 3.72. The lowest BCUT2D eigenvalue weighted by Gasteiger charge is -2.18. The van der Waals surface area contributed by atoms with E-state index in [9.17, 15) is 14.4 Å². The number of carbonyl (C=O) groups is 3. The molecule has 1 rings (SSSR count). The second-order valence-electron chi connectivity index (χ2n) is 2.11. The highest BCUT2D eigenvalue weighted by molar-refractivity contribution is 7.82. The van der Waals surface area contributed by atoms with Crippen molar-refractivity contribution >= 4 is 30.6 Å². The van der Waals surface area contributed by atoms with Crippen molar-refractivity contribution in [1.29, 1.82) is 0 Å². The lowest BCUT2D eigenvalue weighted by Crippen LogP contribution is -2.57. The van der Waals surface area contributed by atoms with Crippen LogP contribution in [0.5, 0.6) is 0 Å². The van der Waals surface area contributed by atoms with Gasteiger partial charge in [-0.1, -0.05) is 0 Å². The minimum absolute atomic E-state index is 0.733. The minimum Gasteiger partial charge on any atom is -0.352 e. The highest BCUT2D eigenvalue weighted by atomic mass is 32.1. The van der Waals surface area contributed by atoms with Gasteiger partial charge < -0.3 is 5.73 Å². The Kier molecular flexibility index (Phi) is 1.84. The van der Waals surface area contributed by atoms with Crippen LogP contribution in [0.3, 0.4) is 0 Å². The molecule has 12 heavy (non-hydrogen) atoms. The Hall–Kier alpha value is -1.44. The zero-order valence-electron chi connectivity index (χ0n) is 5.75. The van der Waals surface area contributed by atoms with Crippen molar-refractivity contribution in [1.82, 2.24) is 16.0 Å². The maximum absolute atomic E-state index is 10.9. The fourth-order valence-electron chi connectivity index (χ4n) is 0.712. The molecule has 1 atom stereocenters. The molecule has 5 N–H and O–H groups in total. The number of rotatable bonds is 1. The number of hydrogen-bond donors (Lipinski definition) is 5. The second kappa shape index (κ2) is 2.55. The number of amides is 5. The molecule has 0 spiro atoms. The van der Waals surface area contributed by atoms with E-state index in [1.807, 2.05) is 10.6 Å². The molecule has 5 amide bonds. The van der Waals surface area contributed by atoms with Crippen LogP contribution in [-0.2, 0) is 4.79 Å². The largest absolute Gasteiger partial charge is 0.352 e. The minimum atomic E-state index is -1.73. The number of thiol groups is 1. The lowest BCUT2D eigenvalue weighted by molar-refractivity contribution is -0.121. The third-order valence-electron chi connectivity index (χ3n) is 1.15. The van der Waals surface area contributed by atoms with Gasteiger partial charge in [-0.15, -0.1) is 12.6 Å². The molecule has 66 valence electrons. The van der Waals surface area contributed by atoms with Gasteiger partial charge in [-0.3, -0.25) is 20.7 Å². The first kappa shape index (κ1) is 8.65. The van der Waals surface area contributed by atoms with Crippen LogP contribution in [0, 0.1) is 0 Å². The molecule has 0 radical (unpaired) electrons. The average Bonchev–Trinajstić information content (AvgIpc) is 2.04. The van der Waals surface area contributed by atoms with Gasteiger partial charge in [0.2, 0.25) is 4.99 Å². The Morgan fingerprint density at radius 3 is 2.50 bits per heavy atom. The smallest absolute Gasteiger partial charge is 0.324 e. The van der Waals surface area contributed by atoms with Crippen LogP contribution in [0.2, 0.25) is 0 Å².